The molecule has 2 aromatic rings. The van der Waals surface area contributed by atoms with E-state index in [2.05, 4.69) is 5.32 Å². The van der Waals surface area contributed by atoms with Crippen molar-refractivity contribution in [1.29, 1.82) is 0 Å². The van der Waals surface area contributed by atoms with Crippen LogP contribution in [-0.4, -0.2) is 19.0 Å². The summed E-state index contributed by atoms with van der Waals surface area (Å²) >= 11 is 0. The van der Waals surface area contributed by atoms with Crippen LogP contribution in [0.25, 0.3) is 0 Å². The highest BCUT2D eigenvalue weighted by Crippen LogP contribution is 2.30. The lowest BCUT2D eigenvalue weighted by Crippen LogP contribution is -2.41. The van der Waals surface area contributed by atoms with Crippen LogP contribution in [0.15, 0.2) is 34.9 Å². The molecule has 0 fully saturated rings. The Kier molecular flexibility index (Phi) is 4.32. The molecule has 1 amide bonds. The lowest BCUT2D eigenvalue weighted by Gasteiger charge is -2.31. The molecule has 1 unspecified atom stereocenters. The summed E-state index contributed by atoms with van der Waals surface area (Å²) in [5, 5.41) is 2.82. The Labute approximate surface area is 133 Å². The van der Waals surface area contributed by atoms with Crippen LogP contribution in [0.2, 0.25) is 0 Å². The first-order valence-electron chi connectivity index (χ1n) is 7.60. The number of nitrogens with one attached hydrogen (secondary N) is 1. The summed E-state index contributed by atoms with van der Waals surface area (Å²) in [6, 6.07) is 5.47. The van der Waals surface area contributed by atoms with Crippen molar-refractivity contribution in [1.82, 2.24) is 5.32 Å². The van der Waals surface area contributed by atoms with Gasteiger partial charge in [0.2, 0.25) is 5.91 Å². The van der Waals surface area contributed by atoms with E-state index in [4.69, 9.17) is 4.42 Å². The van der Waals surface area contributed by atoms with E-state index >= 15 is 0 Å². The largest absolute Gasteiger partial charge is 0.467 e. The molecule has 6 heteroatoms. The fourth-order valence-corrected chi connectivity index (χ4v) is 2.96. The maximum atomic E-state index is 14.1. The van der Waals surface area contributed by atoms with Crippen molar-refractivity contribution >= 4 is 11.6 Å². The molecule has 0 saturated heterocycles. The van der Waals surface area contributed by atoms with E-state index < -0.39 is 11.6 Å². The van der Waals surface area contributed by atoms with Gasteiger partial charge in [-0.15, -0.1) is 0 Å². The number of hydrogen-bond donors (Lipinski definition) is 1. The molecule has 4 nitrogen and oxygen atoms in total. The molecular formula is C17H18F2N2O2. The summed E-state index contributed by atoms with van der Waals surface area (Å²) in [6.45, 7) is 2.41. The minimum Gasteiger partial charge on any atom is -0.467 e. The highest BCUT2D eigenvalue weighted by atomic mass is 19.1. The minimum absolute atomic E-state index is 0.0284. The van der Waals surface area contributed by atoms with Gasteiger partial charge in [-0.05, 0) is 43.5 Å². The number of benzene rings is 1. The number of anilines is 1. The van der Waals surface area contributed by atoms with Crippen LogP contribution in [-0.2, 0) is 11.2 Å². The molecule has 0 spiro atoms. The smallest absolute Gasteiger partial charge is 0.240 e. The predicted molar refractivity (Wildman–Crippen MR) is 82.2 cm³/mol. The second kappa shape index (κ2) is 6.40. The number of carbonyl (C=O) groups is 1. The second-order valence-corrected chi connectivity index (χ2v) is 5.73. The Morgan fingerprint density at radius 2 is 2.26 bits per heavy atom. The van der Waals surface area contributed by atoms with Crippen LogP contribution in [0.1, 0.15) is 30.7 Å². The average Bonchev–Trinajstić information content (AvgIpc) is 3.00. The van der Waals surface area contributed by atoms with Crippen molar-refractivity contribution < 1.29 is 18.0 Å². The van der Waals surface area contributed by atoms with Gasteiger partial charge in [0, 0.05) is 12.6 Å². The number of carbonyl (C=O) groups excluding carboxylic acids is 1. The summed E-state index contributed by atoms with van der Waals surface area (Å²) < 4.78 is 32.7. The third kappa shape index (κ3) is 3.36. The lowest BCUT2D eigenvalue weighted by atomic mass is 10.0. The number of furan rings is 1. The van der Waals surface area contributed by atoms with E-state index in [1.165, 1.54) is 6.07 Å². The topological polar surface area (TPSA) is 45.5 Å². The second-order valence-electron chi connectivity index (χ2n) is 5.73. The Hall–Kier alpha value is -2.37. The average molecular weight is 320 g/mol. The first-order chi connectivity index (χ1) is 11.0. The molecule has 3 rings (SSSR count). The summed E-state index contributed by atoms with van der Waals surface area (Å²) in [7, 11) is 0. The van der Waals surface area contributed by atoms with Gasteiger partial charge in [-0.2, -0.15) is 0 Å². The van der Waals surface area contributed by atoms with Gasteiger partial charge in [-0.3, -0.25) is 4.79 Å². The number of rotatable bonds is 4. The predicted octanol–water partition coefficient (Wildman–Crippen LogP) is 3.19. The summed E-state index contributed by atoms with van der Waals surface area (Å²) in [5.41, 5.74) is 0.944. The van der Waals surface area contributed by atoms with Crippen LogP contribution in [0.5, 0.6) is 0 Å². The standard InChI is InChI=1S/C17H18F2N2O2/c1-11(15-5-3-7-23-15)20-16(22)10-21-6-2-4-12-8-13(18)9-14(19)17(12)21/h3,5,7-9,11H,2,4,6,10H2,1H3,(H,20,22). The molecule has 23 heavy (non-hydrogen) atoms. The lowest BCUT2D eigenvalue weighted by molar-refractivity contribution is -0.120. The summed E-state index contributed by atoms with van der Waals surface area (Å²) in [5.74, 6) is -0.776. The molecule has 2 heterocycles. The van der Waals surface area contributed by atoms with E-state index in [0.29, 0.717) is 30.0 Å². The number of nitrogens with zero attached hydrogens (tertiary/aromatic N) is 1. The maximum Gasteiger partial charge on any atom is 0.240 e. The number of amides is 1. The monoisotopic (exact) mass is 320 g/mol. The SMILES string of the molecule is CC(NC(=O)CN1CCCc2cc(F)cc(F)c21)c1ccco1. The van der Waals surface area contributed by atoms with E-state index in [1.807, 2.05) is 6.92 Å². The van der Waals surface area contributed by atoms with Gasteiger partial charge in [0.15, 0.2) is 0 Å². The first kappa shape index (κ1) is 15.5. The van der Waals surface area contributed by atoms with E-state index in [0.717, 1.165) is 12.5 Å². The molecule has 0 radical (unpaired) electrons. The van der Waals surface area contributed by atoms with Crippen molar-refractivity contribution in [3.05, 3.63) is 53.5 Å². The molecule has 0 saturated carbocycles. The molecule has 1 aromatic carbocycles. The van der Waals surface area contributed by atoms with Gasteiger partial charge in [-0.1, -0.05) is 0 Å². The third-order valence-corrected chi connectivity index (χ3v) is 3.98. The van der Waals surface area contributed by atoms with Crippen LogP contribution >= 0.6 is 0 Å². The Balaban J connectivity index is 1.71. The van der Waals surface area contributed by atoms with Gasteiger partial charge in [-0.25, -0.2) is 8.78 Å². The van der Waals surface area contributed by atoms with E-state index in [1.54, 1.807) is 23.3 Å². The molecule has 1 atom stereocenters. The molecule has 1 aromatic heterocycles. The van der Waals surface area contributed by atoms with Gasteiger partial charge < -0.3 is 14.6 Å². The van der Waals surface area contributed by atoms with Gasteiger partial charge in [0.05, 0.1) is 24.5 Å². The Morgan fingerprint density at radius 1 is 1.43 bits per heavy atom. The van der Waals surface area contributed by atoms with Crippen LogP contribution in [0, 0.1) is 11.6 Å². The molecule has 0 bridgehead atoms. The first-order valence-corrected chi connectivity index (χ1v) is 7.60. The number of halogens is 2. The fraction of sp³-hybridized carbons (Fsp3) is 0.353. The zero-order chi connectivity index (χ0) is 16.4. The molecule has 1 N–H and O–H groups in total. The zero-order valence-corrected chi connectivity index (χ0v) is 12.8. The molecule has 122 valence electrons. The highest BCUT2D eigenvalue weighted by molar-refractivity contribution is 5.82. The van der Waals surface area contributed by atoms with Crippen molar-refractivity contribution in [2.75, 3.05) is 18.0 Å². The van der Waals surface area contributed by atoms with Gasteiger partial charge in [0.1, 0.15) is 17.4 Å². The van der Waals surface area contributed by atoms with Crippen LogP contribution in [0.3, 0.4) is 0 Å². The van der Waals surface area contributed by atoms with Crippen molar-refractivity contribution in [3.63, 3.8) is 0 Å². The molecule has 1 aliphatic rings. The molecule has 1 aliphatic heterocycles. The van der Waals surface area contributed by atoms with Crippen molar-refractivity contribution in [2.45, 2.75) is 25.8 Å². The maximum absolute atomic E-state index is 14.1. The Bertz CT molecular complexity index is 701. The Morgan fingerprint density at radius 3 is 3.00 bits per heavy atom. The quantitative estimate of drug-likeness (QED) is 0.941. The number of aryl methyl sites for hydroxylation is 1. The van der Waals surface area contributed by atoms with Gasteiger partial charge >= 0.3 is 0 Å². The van der Waals surface area contributed by atoms with E-state index in [9.17, 15) is 13.6 Å². The normalized spacial score (nSPS) is 15.2. The number of hydrogen-bond acceptors (Lipinski definition) is 3. The van der Waals surface area contributed by atoms with Crippen molar-refractivity contribution in [2.24, 2.45) is 0 Å². The summed E-state index contributed by atoms with van der Waals surface area (Å²) in [4.78, 5) is 13.9. The minimum atomic E-state index is -0.619. The van der Waals surface area contributed by atoms with E-state index in [-0.39, 0.29) is 18.5 Å². The van der Waals surface area contributed by atoms with Crippen LogP contribution in [0.4, 0.5) is 14.5 Å². The fourth-order valence-electron chi connectivity index (χ4n) is 2.96. The number of fused-ring (bicyclic) bond motifs is 1. The highest BCUT2D eigenvalue weighted by Gasteiger charge is 2.24. The van der Waals surface area contributed by atoms with Gasteiger partial charge in [0.25, 0.3) is 0 Å². The summed E-state index contributed by atoms with van der Waals surface area (Å²) in [6.07, 6.45) is 2.92. The van der Waals surface area contributed by atoms with Crippen molar-refractivity contribution in [3.8, 4) is 0 Å². The van der Waals surface area contributed by atoms with Crippen LogP contribution < -0.4 is 10.2 Å². The molecular weight excluding hydrogens is 302 g/mol. The third-order valence-electron chi connectivity index (χ3n) is 3.98. The molecule has 0 aliphatic carbocycles. The zero-order valence-electron chi connectivity index (χ0n) is 12.8.